The van der Waals surface area contributed by atoms with Gasteiger partial charge in [0.05, 0.1) is 23.5 Å². The van der Waals surface area contributed by atoms with Gasteiger partial charge < -0.3 is 10.2 Å². The molecule has 1 saturated carbocycles. The number of nitrogens with zero attached hydrogens (tertiary/aromatic N) is 3. The number of halogens is 1. The minimum absolute atomic E-state index is 0.0525. The molecule has 5 nitrogen and oxygen atoms in total. The van der Waals surface area contributed by atoms with Crippen molar-refractivity contribution in [2.45, 2.75) is 37.8 Å². The number of aromatic nitrogens is 2. The average molecular weight is 267 g/mol. The lowest BCUT2D eigenvalue weighted by molar-refractivity contribution is -0.122. The van der Waals surface area contributed by atoms with Crippen molar-refractivity contribution in [3.8, 4) is 0 Å². The molecule has 3 rings (SSSR count). The van der Waals surface area contributed by atoms with Crippen LogP contribution in [0.1, 0.15) is 25.7 Å². The van der Waals surface area contributed by atoms with Crippen LogP contribution in [0.4, 0.5) is 5.95 Å². The van der Waals surface area contributed by atoms with Crippen LogP contribution in [0.25, 0.3) is 0 Å². The van der Waals surface area contributed by atoms with Gasteiger partial charge in [-0.1, -0.05) is 24.4 Å². The first-order valence-corrected chi connectivity index (χ1v) is 6.65. The van der Waals surface area contributed by atoms with Crippen molar-refractivity contribution in [3.05, 3.63) is 17.4 Å². The molecule has 0 spiro atoms. The van der Waals surface area contributed by atoms with Crippen LogP contribution in [0.2, 0.25) is 5.02 Å². The molecule has 2 fully saturated rings. The number of carbonyl (C=O) groups is 1. The lowest BCUT2D eigenvalue weighted by Crippen LogP contribution is -2.62. The molecule has 1 saturated heterocycles. The normalized spacial score (nSPS) is 27.6. The summed E-state index contributed by atoms with van der Waals surface area (Å²) in [7, 11) is 0. The molecule has 6 heteroatoms. The fourth-order valence-corrected chi connectivity index (χ4v) is 2.95. The van der Waals surface area contributed by atoms with Gasteiger partial charge in [-0.2, -0.15) is 0 Å². The second kappa shape index (κ2) is 4.72. The number of carbonyl (C=O) groups excluding carboxylic acids is 1. The number of hydrogen-bond acceptors (Lipinski definition) is 4. The smallest absolute Gasteiger partial charge is 0.239 e. The summed E-state index contributed by atoms with van der Waals surface area (Å²) in [6.45, 7) is 0.336. The van der Waals surface area contributed by atoms with Crippen LogP contribution in [0.15, 0.2) is 12.4 Å². The van der Waals surface area contributed by atoms with Gasteiger partial charge in [0.15, 0.2) is 0 Å². The van der Waals surface area contributed by atoms with E-state index in [4.69, 9.17) is 11.6 Å². The first-order chi connectivity index (χ1) is 8.74. The number of nitrogens with one attached hydrogen (secondary N) is 1. The molecule has 0 unspecified atom stereocenters. The van der Waals surface area contributed by atoms with Gasteiger partial charge in [-0.3, -0.25) is 4.79 Å². The first-order valence-electron chi connectivity index (χ1n) is 6.27. The number of fused-ring (bicyclic) bond motifs is 1. The summed E-state index contributed by atoms with van der Waals surface area (Å²) in [4.78, 5) is 22.2. The summed E-state index contributed by atoms with van der Waals surface area (Å²) in [5.41, 5.74) is 0. The van der Waals surface area contributed by atoms with Crippen LogP contribution in [0, 0.1) is 0 Å². The first kappa shape index (κ1) is 11.7. The van der Waals surface area contributed by atoms with Crippen molar-refractivity contribution in [3.63, 3.8) is 0 Å². The van der Waals surface area contributed by atoms with Crippen LogP contribution in [-0.4, -0.2) is 34.5 Å². The van der Waals surface area contributed by atoms with E-state index in [2.05, 4.69) is 15.3 Å². The van der Waals surface area contributed by atoms with Crippen molar-refractivity contribution in [2.24, 2.45) is 0 Å². The molecule has 2 heterocycles. The standard InChI is InChI=1S/C12H15ClN4O/c13-8-5-14-12(15-6-8)17-7-11(18)16-9-3-1-2-4-10(9)17/h5-6,9-10H,1-4,7H2,(H,16,18)/t9-,10-/m0/s1. The molecule has 0 radical (unpaired) electrons. The Bertz CT molecular complexity index is 450. The Hall–Kier alpha value is -1.36. The van der Waals surface area contributed by atoms with Crippen LogP contribution < -0.4 is 10.2 Å². The monoisotopic (exact) mass is 266 g/mol. The number of anilines is 1. The van der Waals surface area contributed by atoms with E-state index in [0.717, 1.165) is 12.8 Å². The Labute approximate surface area is 111 Å². The van der Waals surface area contributed by atoms with Crippen molar-refractivity contribution < 1.29 is 4.79 Å². The highest BCUT2D eigenvalue weighted by Gasteiger charge is 2.37. The SMILES string of the molecule is O=C1CN(c2ncc(Cl)cn2)[C@H]2CCCC[C@@H]2N1. The Morgan fingerprint density at radius 1 is 1.28 bits per heavy atom. The number of piperazine rings is 1. The molecule has 0 bridgehead atoms. The quantitative estimate of drug-likeness (QED) is 0.834. The van der Waals surface area contributed by atoms with Crippen LogP contribution in [0.5, 0.6) is 0 Å². The van der Waals surface area contributed by atoms with Crippen LogP contribution in [0.3, 0.4) is 0 Å². The van der Waals surface area contributed by atoms with E-state index < -0.39 is 0 Å². The third-order valence-corrected chi connectivity index (χ3v) is 3.85. The predicted octanol–water partition coefficient (Wildman–Crippen LogP) is 1.38. The summed E-state index contributed by atoms with van der Waals surface area (Å²) in [5, 5.41) is 3.58. The molecular formula is C12H15ClN4O. The zero-order valence-corrected chi connectivity index (χ0v) is 10.7. The Balaban J connectivity index is 1.88. The fraction of sp³-hybridized carbons (Fsp3) is 0.583. The summed E-state index contributed by atoms with van der Waals surface area (Å²) in [6.07, 6.45) is 7.65. The minimum Gasteiger partial charge on any atom is -0.350 e. The van der Waals surface area contributed by atoms with Crippen molar-refractivity contribution in [1.29, 1.82) is 0 Å². The van der Waals surface area contributed by atoms with Gasteiger partial charge >= 0.3 is 0 Å². The average Bonchev–Trinajstić information content (AvgIpc) is 2.38. The Morgan fingerprint density at radius 3 is 2.78 bits per heavy atom. The highest BCUT2D eigenvalue weighted by atomic mass is 35.5. The third-order valence-electron chi connectivity index (χ3n) is 3.65. The summed E-state index contributed by atoms with van der Waals surface area (Å²) in [6, 6.07) is 0.553. The molecule has 1 N–H and O–H groups in total. The molecule has 2 aliphatic rings. The maximum Gasteiger partial charge on any atom is 0.239 e. The van der Waals surface area contributed by atoms with Gasteiger partial charge in [0.2, 0.25) is 11.9 Å². The maximum absolute atomic E-state index is 11.7. The second-order valence-electron chi connectivity index (χ2n) is 4.85. The Morgan fingerprint density at radius 2 is 2.00 bits per heavy atom. The topological polar surface area (TPSA) is 58.1 Å². The second-order valence-corrected chi connectivity index (χ2v) is 5.29. The summed E-state index contributed by atoms with van der Waals surface area (Å²) < 4.78 is 0. The molecule has 2 atom stereocenters. The van der Waals surface area contributed by atoms with E-state index in [1.807, 2.05) is 4.90 Å². The van der Waals surface area contributed by atoms with Gasteiger partial charge in [0.1, 0.15) is 6.54 Å². The minimum atomic E-state index is 0.0525. The number of amides is 1. The molecule has 1 aliphatic heterocycles. The molecule has 96 valence electrons. The largest absolute Gasteiger partial charge is 0.350 e. The third kappa shape index (κ3) is 2.14. The van der Waals surface area contributed by atoms with E-state index in [-0.39, 0.29) is 11.9 Å². The molecule has 1 aromatic rings. The highest BCUT2D eigenvalue weighted by Crippen LogP contribution is 2.28. The van der Waals surface area contributed by atoms with E-state index >= 15 is 0 Å². The van der Waals surface area contributed by atoms with E-state index in [1.54, 1.807) is 12.4 Å². The molecule has 1 amide bonds. The predicted molar refractivity (Wildman–Crippen MR) is 68.6 cm³/mol. The van der Waals surface area contributed by atoms with Gasteiger partial charge in [-0.05, 0) is 12.8 Å². The van der Waals surface area contributed by atoms with Crippen LogP contribution in [-0.2, 0) is 4.79 Å². The summed E-state index contributed by atoms with van der Waals surface area (Å²) >= 11 is 5.79. The van der Waals surface area contributed by atoms with Crippen molar-refractivity contribution >= 4 is 23.5 Å². The summed E-state index contributed by atoms with van der Waals surface area (Å²) in [5.74, 6) is 0.655. The van der Waals surface area contributed by atoms with E-state index in [1.165, 1.54) is 12.8 Å². The molecular weight excluding hydrogens is 252 g/mol. The number of hydrogen-bond donors (Lipinski definition) is 1. The molecule has 1 aliphatic carbocycles. The lowest BCUT2D eigenvalue weighted by atomic mass is 9.87. The number of rotatable bonds is 1. The van der Waals surface area contributed by atoms with Gasteiger partial charge in [-0.15, -0.1) is 0 Å². The Kier molecular flexibility index (Phi) is 3.07. The lowest BCUT2D eigenvalue weighted by Gasteiger charge is -2.43. The van der Waals surface area contributed by atoms with Gasteiger partial charge in [-0.25, -0.2) is 9.97 Å². The molecule has 18 heavy (non-hydrogen) atoms. The zero-order chi connectivity index (χ0) is 12.5. The van der Waals surface area contributed by atoms with E-state index in [0.29, 0.717) is 23.6 Å². The van der Waals surface area contributed by atoms with Crippen molar-refractivity contribution in [2.75, 3.05) is 11.4 Å². The van der Waals surface area contributed by atoms with Gasteiger partial charge in [0, 0.05) is 6.04 Å². The van der Waals surface area contributed by atoms with Crippen molar-refractivity contribution in [1.82, 2.24) is 15.3 Å². The fourth-order valence-electron chi connectivity index (χ4n) is 2.85. The van der Waals surface area contributed by atoms with E-state index in [9.17, 15) is 4.79 Å². The molecule has 1 aromatic heterocycles. The highest BCUT2D eigenvalue weighted by molar-refractivity contribution is 6.30. The van der Waals surface area contributed by atoms with Crippen LogP contribution >= 0.6 is 11.6 Å². The zero-order valence-electron chi connectivity index (χ0n) is 9.97. The maximum atomic E-state index is 11.7. The molecule has 0 aromatic carbocycles. The van der Waals surface area contributed by atoms with Gasteiger partial charge in [0.25, 0.3) is 0 Å².